The Hall–Kier alpha value is -2.20. The van der Waals surface area contributed by atoms with Crippen LogP contribution in [0.15, 0.2) is 60.7 Å². The largest absolute Gasteiger partial charge is 0.512 e. The van der Waals surface area contributed by atoms with Gasteiger partial charge in [-0.3, -0.25) is 4.90 Å². The van der Waals surface area contributed by atoms with E-state index in [1.165, 1.54) is 0 Å². The van der Waals surface area contributed by atoms with E-state index in [4.69, 9.17) is 0 Å². The lowest BCUT2D eigenvalue weighted by Gasteiger charge is -2.38. The highest BCUT2D eigenvalue weighted by Gasteiger charge is 2.55. The molecule has 7 nitrogen and oxygen atoms in total. The summed E-state index contributed by atoms with van der Waals surface area (Å²) < 4.78 is 108. The molecule has 0 amide bonds. The van der Waals surface area contributed by atoms with Gasteiger partial charge in [-0.25, -0.2) is 16.8 Å². The normalized spacial score (nSPS) is 18.1. The summed E-state index contributed by atoms with van der Waals surface area (Å²) in [5.41, 5.74) is -11.3. The van der Waals surface area contributed by atoms with Crippen molar-refractivity contribution in [1.82, 2.24) is 9.03 Å². The van der Waals surface area contributed by atoms with Gasteiger partial charge in [0.25, 0.3) is 0 Å². The molecule has 1 fully saturated rings. The Bertz CT molecular complexity index is 1110. The quantitative estimate of drug-likeness (QED) is 0.556. The molecule has 0 bridgehead atoms. The highest BCUT2D eigenvalue weighted by Crippen LogP contribution is 2.39. The van der Waals surface area contributed by atoms with Crippen LogP contribution in [-0.4, -0.2) is 57.5 Å². The monoisotopic (exact) mass is 548 g/mol. The van der Waals surface area contributed by atoms with E-state index in [0.717, 1.165) is 30.5 Å². The minimum absolute atomic E-state index is 0.132. The molecular formula is C20H22F6N2O5S2. The molecule has 2 N–H and O–H groups in total. The Morgan fingerprint density at radius 1 is 0.800 bits per heavy atom. The van der Waals surface area contributed by atoms with Gasteiger partial charge < -0.3 is 5.11 Å². The number of rotatable bonds is 5. The fraction of sp³-hybridized carbons (Fsp3) is 0.400. The summed E-state index contributed by atoms with van der Waals surface area (Å²) in [7, 11) is -11.1. The molecule has 2 aromatic carbocycles. The zero-order valence-electron chi connectivity index (χ0n) is 18.1. The molecule has 35 heavy (non-hydrogen) atoms. The molecule has 0 unspecified atom stereocenters. The molecule has 0 aliphatic carbocycles. The van der Waals surface area contributed by atoms with Crippen molar-refractivity contribution in [3.63, 3.8) is 0 Å². The summed E-state index contributed by atoms with van der Waals surface area (Å²) in [6.07, 6.45) is 2.17. The van der Waals surface area contributed by atoms with Crippen molar-refractivity contribution >= 4 is 20.0 Å². The van der Waals surface area contributed by atoms with E-state index in [2.05, 4.69) is 11.9 Å². The second-order valence-electron chi connectivity index (χ2n) is 7.62. The number of aliphatic hydroxyl groups is 1. The third kappa shape index (κ3) is 6.52. The van der Waals surface area contributed by atoms with Gasteiger partial charge in [0.15, 0.2) is 0 Å². The number of likely N-dealkylation sites (N-methyl/N-ethyl adjacent to an activating group) is 1. The lowest BCUT2D eigenvalue weighted by atomic mass is 9.79. The van der Waals surface area contributed by atoms with Gasteiger partial charge in [0.1, 0.15) is 5.60 Å². The van der Waals surface area contributed by atoms with Crippen LogP contribution in [0.3, 0.4) is 0 Å². The minimum atomic E-state index is -6.60. The SMILES string of the molecule is CN1CCC[C@H]1C(O)(c1ccccc1)c1ccccc1.O=S(=O)(NS(=O)(=O)C(F)(F)F)C(F)(F)F. The smallest absolute Gasteiger partial charge is 0.379 e. The van der Waals surface area contributed by atoms with Crippen molar-refractivity contribution in [2.75, 3.05) is 13.6 Å². The lowest BCUT2D eigenvalue weighted by molar-refractivity contribution is -0.0476. The number of halogens is 6. The zero-order valence-corrected chi connectivity index (χ0v) is 19.7. The molecule has 3 rings (SSSR count). The van der Waals surface area contributed by atoms with Crippen LogP contribution in [0.25, 0.3) is 0 Å². The first-order chi connectivity index (χ1) is 15.9. The molecule has 1 heterocycles. The van der Waals surface area contributed by atoms with E-state index in [9.17, 15) is 48.3 Å². The van der Waals surface area contributed by atoms with Crippen LogP contribution in [0, 0.1) is 0 Å². The fourth-order valence-corrected chi connectivity index (χ4v) is 5.52. The molecule has 0 aromatic heterocycles. The maximum Gasteiger partial charge on any atom is 0.512 e. The second kappa shape index (κ2) is 10.4. The Labute approximate surface area is 198 Å². The van der Waals surface area contributed by atoms with Crippen LogP contribution < -0.4 is 4.13 Å². The summed E-state index contributed by atoms with van der Waals surface area (Å²) in [5, 5.41) is 11.6. The molecule has 0 spiro atoms. The molecule has 0 radical (unpaired) electrons. The number of benzene rings is 2. The first-order valence-corrected chi connectivity index (χ1v) is 12.8. The van der Waals surface area contributed by atoms with Gasteiger partial charge >= 0.3 is 31.1 Å². The van der Waals surface area contributed by atoms with E-state index in [1.807, 2.05) is 60.7 Å². The van der Waals surface area contributed by atoms with E-state index < -0.39 is 40.8 Å². The maximum atomic E-state index is 11.6. The highest BCUT2D eigenvalue weighted by atomic mass is 32.3. The number of likely N-dealkylation sites (tertiary alicyclic amines) is 1. The summed E-state index contributed by atoms with van der Waals surface area (Å²) in [6.45, 7) is 1.05. The predicted molar refractivity (Wildman–Crippen MR) is 115 cm³/mol. The first kappa shape index (κ1) is 29.0. The Balaban J connectivity index is 0.000000260. The van der Waals surface area contributed by atoms with Crippen LogP contribution in [0.4, 0.5) is 26.3 Å². The van der Waals surface area contributed by atoms with Gasteiger partial charge in [-0.1, -0.05) is 64.8 Å². The molecule has 1 aliphatic heterocycles. The topological polar surface area (TPSA) is 104 Å². The van der Waals surface area contributed by atoms with Crippen LogP contribution >= 0.6 is 0 Å². The third-order valence-corrected chi connectivity index (χ3v) is 8.23. The summed E-state index contributed by atoms with van der Waals surface area (Å²) in [4.78, 5) is 2.28. The van der Waals surface area contributed by atoms with Gasteiger partial charge in [-0.2, -0.15) is 26.3 Å². The average molecular weight is 549 g/mol. The molecule has 2 aromatic rings. The van der Waals surface area contributed by atoms with E-state index in [1.54, 1.807) is 0 Å². The number of nitrogens with zero attached hydrogens (tertiary/aromatic N) is 1. The number of sulfonamides is 2. The van der Waals surface area contributed by atoms with Gasteiger partial charge in [0.2, 0.25) is 0 Å². The highest BCUT2D eigenvalue weighted by molar-refractivity contribution is 8.05. The van der Waals surface area contributed by atoms with E-state index in [-0.39, 0.29) is 6.04 Å². The second-order valence-corrected chi connectivity index (χ2v) is 11.2. The van der Waals surface area contributed by atoms with Crippen molar-refractivity contribution in [3.05, 3.63) is 71.8 Å². The Morgan fingerprint density at radius 3 is 1.46 bits per heavy atom. The molecule has 196 valence electrons. The number of hydrogen-bond donors (Lipinski definition) is 2. The molecule has 1 saturated heterocycles. The van der Waals surface area contributed by atoms with Crippen molar-refractivity contribution in [3.8, 4) is 0 Å². The van der Waals surface area contributed by atoms with Crippen molar-refractivity contribution < 1.29 is 48.3 Å². The first-order valence-electron chi connectivity index (χ1n) is 9.88. The molecule has 1 atom stereocenters. The third-order valence-electron chi connectivity index (χ3n) is 5.26. The van der Waals surface area contributed by atoms with Crippen LogP contribution in [0.1, 0.15) is 24.0 Å². The summed E-state index contributed by atoms with van der Waals surface area (Å²) in [6, 6.07) is 20.2. The fourth-order valence-electron chi connectivity index (χ4n) is 3.61. The standard InChI is InChI=1S/C18H21NO.C2HF6NO4S2/c1-19-14-8-13-17(19)18(20,15-9-4-2-5-10-15)16-11-6-3-7-12-16;3-1(4,5)14(10,11)9-15(12,13)2(6,7)8/h2-7,9-12,17,20H,8,13-14H2,1H3;9H/t17-;/m0./s1. The molecule has 0 saturated carbocycles. The minimum Gasteiger partial charge on any atom is -0.379 e. The Kier molecular flexibility index (Phi) is 8.65. The van der Waals surface area contributed by atoms with Crippen molar-refractivity contribution in [1.29, 1.82) is 0 Å². The molecule has 15 heteroatoms. The lowest BCUT2D eigenvalue weighted by Crippen LogP contribution is -2.46. The van der Waals surface area contributed by atoms with Gasteiger partial charge in [-0.05, 0) is 37.6 Å². The Morgan fingerprint density at radius 2 is 1.17 bits per heavy atom. The number of alkyl halides is 6. The van der Waals surface area contributed by atoms with Gasteiger partial charge in [0, 0.05) is 6.04 Å². The van der Waals surface area contributed by atoms with Gasteiger partial charge in [-0.15, -0.1) is 0 Å². The molecule has 1 aliphatic rings. The van der Waals surface area contributed by atoms with E-state index in [0.29, 0.717) is 0 Å². The predicted octanol–water partition coefficient (Wildman–Crippen LogP) is 3.29. The van der Waals surface area contributed by atoms with E-state index >= 15 is 0 Å². The summed E-state index contributed by atoms with van der Waals surface area (Å²) in [5.74, 6) is 0. The van der Waals surface area contributed by atoms with Crippen LogP contribution in [-0.2, 0) is 25.6 Å². The number of nitrogens with one attached hydrogen (secondary N) is 1. The van der Waals surface area contributed by atoms with Crippen molar-refractivity contribution in [2.24, 2.45) is 0 Å². The average Bonchev–Trinajstić information content (AvgIpc) is 3.19. The molecular weight excluding hydrogens is 526 g/mol. The van der Waals surface area contributed by atoms with Crippen LogP contribution in [0.5, 0.6) is 0 Å². The van der Waals surface area contributed by atoms with Crippen molar-refractivity contribution in [2.45, 2.75) is 35.5 Å². The maximum absolute atomic E-state index is 11.6. The number of hydrogen-bond acceptors (Lipinski definition) is 6. The summed E-state index contributed by atoms with van der Waals surface area (Å²) >= 11 is 0. The van der Waals surface area contributed by atoms with Crippen LogP contribution in [0.2, 0.25) is 0 Å². The van der Waals surface area contributed by atoms with Gasteiger partial charge in [0.05, 0.1) is 0 Å². The zero-order chi connectivity index (χ0) is 26.7.